The van der Waals surface area contributed by atoms with E-state index in [2.05, 4.69) is 11.4 Å². The molecular weight excluding hydrogens is 404 g/mol. The highest BCUT2D eigenvalue weighted by molar-refractivity contribution is 7.99. The van der Waals surface area contributed by atoms with Crippen LogP contribution in [-0.2, 0) is 0 Å². The lowest BCUT2D eigenvalue weighted by Gasteiger charge is -2.11. The third-order valence-electron chi connectivity index (χ3n) is 4.45. The highest BCUT2D eigenvalue weighted by atomic mass is 32.2. The smallest absolute Gasteiger partial charge is 0.256 e. The Balaban J connectivity index is 1.48. The van der Waals surface area contributed by atoms with Crippen LogP contribution < -0.4 is 10.1 Å². The Bertz CT molecular complexity index is 1230. The number of rotatable bonds is 6. The number of amides is 1. The first-order valence-electron chi connectivity index (χ1n) is 9.63. The quantitative estimate of drug-likeness (QED) is 0.373. The minimum absolute atomic E-state index is 0.214. The van der Waals surface area contributed by atoms with Crippen LogP contribution in [0.2, 0.25) is 0 Å². The van der Waals surface area contributed by atoms with E-state index in [0.717, 1.165) is 15.5 Å². The van der Waals surface area contributed by atoms with Crippen LogP contribution in [0.25, 0.3) is 0 Å². The van der Waals surface area contributed by atoms with Gasteiger partial charge in [-0.25, -0.2) is 0 Å². The van der Waals surface area contributed by atoms with E-state index in [1.807, 2.05) is 78.9 Å². The number of hydrogen-bond acceptors (Lipinski definition) is 4. The van der Waals surface area contributed by atoms with Crippen LogP contribution in [0, 0.1) is 11.3 Å². The summed E-state index contributed by atoms with van der Waals surface area (Å²) in [5, 5.41) is 12.3. The van der Waals surface area contributed by atoms with Gasteiger partial charge in [0.2, 0.25) is 0 Å². The predicted molar refractivity (Wildman–Crippen MR) is 123 cm³/mol. The normalized spacial score (nSPS) is 10.2. The van der Waals surface area contributed by atoms with Gasteiger partial charge in [-0.2, -0.15) is 5.26 Å². The number of hydrogen-bond donors (Lipinski definition) is 1. The van der Waals surface area contributed by atoms with Gasteiger partial charge in [-0.05, 0) is 60.7 Å². The van der Waals surface area contributed by atoms with Gasteiger partial charge in [0.15, 0.2) is 0 Å². The van der Waals surface area contributed by atoms with Crippen LogP contribution in [0.5, 0.6) is 11.5 Å². The summed E-state index contributed by atoms with van der Waals surface area (Å²) in [4.78, 5) is 14.5. The van der Waals surface area contributed by atoms with E-state index in [4.69, 9.17) is 4.74 Å². The van der Waals surface area contributed by atoms with Gasteiger partial charge < -0.3 is 10.1 Å². The summed E-state index contributed by atoms with van der Waals surface area (Å²) >= 11 is 1.40. The lowest BCUT2D eigenvalue weighted by Crippen LogP contribution is -2.12. The number of para-hydroxylation sites is 1. The van der Waals surface area contributed by atoms with E-state index in [-0.39, 0.29) is 5.91 Å². The largest absolute Gasteiger partial charge is 0.457 e. The Labute approximate surface area is 185 Å². The molecule has 0 atom stereocenters. The first-order chi connectivity index (χ1) is 15.2. The molecule has 0 saturated heterocycles. The summed E-state index contributed by atoms with van der Waals surface area (Å²) in [6.07, 6.45) is 0. The van der Waals surface area contributed by atoms with Crippen LogP contribution in [0.15, 0.2) is 113 Å². The van der Waals surface area contributed by atoms with Gasteiger partial charge in [-0.15, -0.1) is 0 Å². The highest BCUT2D eigenvalue weighted by Crippen LogP contribution is 2.33. The van der Waals surface area contributed by atoms with Crippen molar-refractivity contribution < 1.29 is 9.53 Å². The van der Waals surface area contributed by atoms with Gasteiger partial charge in [0, 0.05) is 15.5 Å². The SMILES string of the molecule is N#Cc1ccccc1Sc1ccccc1C(=O)Nc1ccc(Oc2ccccc2)cc1. The zero-order valence-electron chi connectivity index (χ0n) is 16.5. The number of carbonyl (C=O) groups is 1. The van der Waals surface area contributed by atoms with Crippen molar-refractivity contribution in [3.63, 3.8) is 0 Å². The molecule has 0 aliphatic carbocycles. The number of nitrogens with one attached hydrogen (secondary N) is 1. The number of ether oxygens (including phenoxy) is 1. The molecule has 1 amide bonds. The molecule has 31 heavy (non-hydrogen) atoms. The van der Waals surface area contributed by atoms with Gasteiger partial charge in [-0.1, -0.05) is 54.2 Å². The van der Waals surface area contributed by atoms with Crippen LogP contribution in [-0.4, -0.2) is 5.91 Å². The molecule has 0 radical (unpaired) electrons. The average Bonchev–Trinajstić information content (AvgIpc) is 2.82. The molecule has 0 aliphatic rings. The van der Waals surface area contributed by atoms with Crippen molar-refractivity contribution in [3.8, 4) is 17.6 Å². The van der Waals surface area contributed by atoms with E-state index in [1.165, 1.54) is 11.8 Å². The van der Waals surface area contributed by atoms with Crippen molar-refractivity contribution >= 4 is 23.4 Å². The summed E-state index contributed by atoms with van der Waals surface area (Å²) in [6.45, 7) is 0. The summed E-state index contributed by atoms with van der Waals surface area (Å²) in [7, 11) is 0. The molecule has 0 fully saturated rings. The molecule has 5 heteroatoms. The van der Waals surface area contributed by atoms with Gasteiger partial charge in [-0.3, -0.25) is 4.79 Å². The van der Waals surface area contributed by atoms with Crippen LogP contribution in [0.1, 0.15) is 15.9 Å². The second-order valence-corrected chi connectivity index (χ2v) is 7.68. The van der Waals surface area contributed by atoms with Crippen molar-refractivity contribution in [1.29, 1.82) is 5.26 Å². The summed E-state index contributed by atoms with van der Waals surface area (Å²) < 4.78 is 5.79. The van der Waals surface area contributed by atoms with E-state index < -0.39 is 0 Å². The third-order valence-corrected chi connectivity index (χ3v) is 5.60. The van der Waals surface area contributed by atoms with Crippen molar-refractivity contribution in [3.05, 3.63) is 114 Å². The standard InChI is InChI=1S/C26H18N2O2S/c27-18-19-8-4-6-12-24(19)31-25-13-7-5-11-23(25)26(29)28-20-14-16-22(17-15-20)30-21-9-2-1-3-10-21/h1-17H,(H,28,29). The van der Waals surface area contributed by atoms with Crippen molar-refractivity contribution in [2.24, 2.45) is 0 Å². The zero-order valence-corrected chi connectivity index (χ0v) is 17.3. The Kier molecular flexibility index (Phi) is 6.32. The van der Waals surface area contributed by atoms with Crippen molar-refractivity contribution in [2.45, 2.75) is 9.79 Å². The maximum atomic E-state index is 12.9. The number of benzene rings is 4. The minimum Gasteiger partial charge on any atom is -0.457 e. The molecule has 0 bridgehead atoms. The number of carbonyl (C=O) groups excluding carboxylic acids is 1. The number of nitriles is 1. The molecule has 0 saturated carbocycles. The summed E-state index contributed by atoms with van der Waals surface area (Å²) in [6, 6.07) is 33.7. The summed E-state index contributed by atoms with van der Waals surface area (Å²) in [5.41, 5.74) is 1.80. The van der Waals surface area contributed by atoms with E-state index >= 15 is 0 Å². The molecule has 0 aliphatic heterocycles. The van der Waals surface area contributed by atoms with E-state index in [0.29, 0.717) is 22.6 Å². The molecule has 150 valence electrons. The molecule has 4 nitrogen and oxygen atoms in total. The molecule has 0 spiro atoms. The predicted octanol–water partition coefficient (Wildman–Crippen LogP) is 6.75. The van der Waals surface area contributed by atoms with Crippen LogP contribution in [0.4, 0.5) is 5.69 Å². The lowest BCUT2D eigenvalue weighted by atomic mass is 10.2. The maximum absolute atomic E-state index is 12.9. The molecule has 0 unspecified atom stereocenters. The first kappa shape index (κ1) is 20.3. The Morgan fingerprint density at radius 2 is 1.35 bits per heavy atom. The van der Waals surface area contributed by atoms with Crippen LogP contribution in [0.3, 0.4) is 0 Å². The van der Waals surface area contributed by atoms with E-state index in [1.54, 1.807) is 24.3 Å². The van der Waals surface area contributed by atoms with E-state index in [9.17, 15) is 10.1 Å². The monoisotopic (exact) mass is 422 g/mol. The molecule has 1 N–H and O–H groups in total. The fourth-order valence-electron chi connectivity index (χ4n) is 2.94. The highest BCUT2D eigenvalue weighted by Gasteiger charge is 2.14. The lowest BCUT2D eigenvalue weighted by molar-refractivity contribution is 0.102. The molecular formula is C26H18N2O2S. The Morgan fingerprint density at radius 1 is 0.742 bits per heavy atom. The number of nitrogens with zero attached hydrogens (tertiary/aromatic N) is 1. The third kappa shape index (κ3) is 5.13. The fraction of sp³-hybridized carbons (Fsp3) is 0. The molecule has 4 aromatic carbocycles. The fourth-order valence-corrected chi connectivity index (χ4v) is 3.96. The molecule has 4 aromatic rings. The average molecular weight is 423 g/mol. The van der Waals surface area contributed by atoms with Gasteiger partial charge >= 0.3 is 0 Å². The zero-order chi connectivity index (χ0) is 21.5. The molecule has 0 heterocycles. The maximum Gasteiger partial charge on any atom is 0.256 e. The molecule has 4 rings (SSSR count). The second-order valence-electron chi connectivity index (χ2n) is 6.60. The topological polar surface area (TPSA) is 62.1 Å². The number of anilines is 1. The second kappa shape index (κ2) is 9.66. The van der Waals surface area contributed by atoms with Crippen molar-refractivity contribution in [1.82, 2.24) is 0 Å². The van der Waals surface area contributed by atoms with Gasteiger partial charge in [0.25, 0.3) is 5.91 Å². The van der Waals surface area contributed by atoms with Gasteiger partial charge in [0.05, 0.1) is 11.1 Å². The van der Waals surface area contributed by atoms with Crippen molar-refractivity contribution in [2.75, 3.05) is 5.32 Å². The minimum atomic E-state index is -0.214. The first-order valence-corrected chi connectivity index (χ1v) is 10.4. The van der Waals surface area contributed by atoms with Crippen LogP contribution >= 0.6 is 11.8 Å². The van der Waals surface area contributed by atoms with Gasteiger partial charge in [0.1, 0.15) is 17.6 Å². The Morgan fingerprint density at radius 3 is 2.10 bits per heavy atom. The summed E-state index contributed by atoms with van der Waals surface area (Å²) in [5.74, 6) is 1.23. The Hall–Kier alpha value is -4.01. The molecule has 0 aromatic heterocycles.